The molecule has 2 aromatic rings. The predicted molar refractivity (Wildman–Crippen MR) is 77.3 cm³/mol. The second-order valence-corrected chi connectivity index (χ2v) is 6.07. The maximum atomic E-state index is 13.2. The normalized spacial score (nSPS) is 14.2. The summed E-state index contributed by atoms with van der Waals surface area (Å²) in [6.07, 6.45) is 2.37. The average molecular weight is 308 g/mol. The number of ether oxygens (including phenoxy) is 1. The molecule has 1 aliphatic carbocycles. The lowest BCUT2D eigenvalue weighted by Crippen LogP contribution is -2.04. The first-order chi connectivity index (χ1) is 10.1. The van der Waals surface area contributed by atoms with Gasteiger partial charge in [-0.2, -0.15) is 0 Å². The predicted octanol–water partition coefficient (Wildman–Crippen LogP) is 3.88. The minimum absolute atomic E-state index is 0.398. The maximum absolute atomic E-state index is 13.2. The van der Waals surface area contributed by atoms with E-state index in [1.165, 1.54) is 30.7 Å². The van der Waals surface area contributed by atoms with E-state index in [0.717, 1.165) is 12.1 Å². The van der Waals surface area contributed by atoms with Gasteiger partial charge in [-0.05, 0) is 49.1 Å². The van der Waals surface area contributed by atoms with Crippen molar-refractivity contribution in [2.24, 2.45) is 5.92 Å². The Labute approximate surface area is 125 Å². The van der Waals surface area contributed by atoms with E-state index in [1.54, 1.807) is 12.1 Å². The molecule has 21 heavy (non-hydrogen) atoms. The summed E-state index contributed by atoms with van der Waals surface area (Å²) < 4.78 is 31.7. The molecular weight excluding hydrogens is 294 g/mol. The van der Waals surface area contributed by atoms with Crippen LogP contribution in [0.25, 0.3) is 0 Å². The molecule has 0 aliphatic heterocycles. The van der Waals surface area contributed by atoms with Crippen molar-refractivity contribution in [3.8, 4) is 5.88 Å². The second kappa shape index (κ2) is 5.89. The summed E-state index contributed by atoms with van der Waals surface area (Å²) >= 11 is 1.23. The molecule has 1 aromatic heterocycles. The molecule has 0 atom stereocenters. The highest BCUT2D eigenvalue weighted by Gasteiger charge is 2.22. The van der Waals surface area contributed by atoms with Crippen molar-refractivity contribution in [1.29, 1.82) is 0 Å². The monoisotopic (exact) mass is 308 g/mol. The Morgan fingerprint density at radius 1 is 1.19 bits per heavy atom. The second-order valence-electron chi connectivity index (χ2n) is 4.98. The molecule has 1 fully saturated rings. The molecule has 1 heterocycles. The Morgan fingerprint density at radius 3 is 2.71 bits per heavy atom. The summed E-state index contributed by atoms with van der Waals surface area (Å²) in [5, 5.41) is 0.626. The number of rotatable bonds is 5. The topological polar surface area (TPSA) is 48.1 Å². The molecule has 0 unspecified atom stereocenters. The summed E-state index contributed by atoms with van der Waals surface area (Å²) in [7, 11) is 0. The van der Waals surface area contributed by atoms with E-state index in [4.69, 9.17) is 10.5 Å². The van der Waals surface area contributed by atoms with Crippen molar-refractivity contribution in [3.63, 3.8) is 0 Å². The van der Waals surface area contributed by atoms with Gasteiger partial charge in [0.05, 0.1) is 12.3 Å². The highest BCUT2D eigenvalue weighted by atomic mass is 32.2. The first-order valence-corrected chi connectivity index (χ1v) is 7.45. The summed E-state index contributed by atoms with van der Waals surface area (Å²) in [5.41, 5.74) is 6.30. The Bertz CT molecular complexity index is 662. The molecule has 0 bridgehead atoms. The molecule has 3 rings (SSSR count). The van der Waals surface area contributed by atoms with Crippen molar-refractivity contribution in [3.05, 3.63) is 42.0 Å². The van der Waals surface area contributed by atoms with E-state index in [-0.39, 0.29) is 0 Å². The maximum Gasteiger partial charge on any atom is 0.238 e. The fourth-order valence-electron chi connectivity index (χ4n) is 1.75. The van der Waals surface area contributed by atoms with Gasteiger partial charge in [0.1, 0.15) is 5.03 Å². The van der Waals surface area contributed by atoms with Crippen LogP contribution in [0.4, 0.5) is 14.5 Å². The van der Waals surface area contributed by atoms with Crippen LogP contribution in [0.2, 0.25) is 0 Å². The van der Waals surface area contributed by atoms with Crippen LogP contribution in [-0.4, -0.2) is 11.6 Å². The Morgan fingerprint density at radius 2 is 2.00 bits per heavy atom. The molecule has 0 saturated heterocycles. The van der Waals surface area contributed by atoms with Gasteiger partial charge < -0.3 is 10.5 Å². The van der Waals surface area contributed by atoms with Crippen LogP contribution in [0, 0.1) is 17.6 Å². The number of halogens is 2. The third kappa shape index (κ3) is 3.64. The van der Waals surface area contributed by atoms with Gasteiger partial charge in [-0.1, -0.05) is 11.8 Å². The van der Waals surface area contributed by atoms with Crippen LogP contribution in [0.15, 0.2) is 40.3 Å². The number of nitrogens with two attached hydrogens (primary N) is 1. The van der Waals surface area contributed by atoms with Gasteiger partial charge in [0.2, 0.25) is 5.88 Å². The zero-order valence-corrected chi connectivity index (χ0v) is 12.0. The van der Waals surface area contributed by atoms with Gasteiger partial charge in [0.15, 0.2) is 11.6 Å². The fraction of sp³-hybridized carbons (Fsp3) is 0.267. The van der Waals surface area contributed by atoms with Crippen molar-refractivity contribution in [2.45, 2.75) is 22.8 Å². The Hall–Kier alpha value is -1.82. The number of pyridine rings is 1. The van der Waals surface area contributed by atoms with Crippen molar-refractivity contribution < 1.29 is 13.5 Å². The van der Waals surface area contributed by atoms with Gasteiger partial charge in [-0.15, -0.1) is 0 Å². The summed E-state index contributed by atoms with van der Waals surface area (Å²) in [6, 6.07) is 7.18. The fourth-order valence-corrected chi connectivity index (χ4v) is 2.55. The van der Waals surface area contributed by atoms with Crippen molar-refractivity contribution in [1.82, 2.24) is 4.98 Å². The van der Waals surface area contributed by atoms with E-state index >= 15 is 0 Å². The van der Waals surface area contributed by atoms with Crippen LogP contribution in [0.1, 0.15) is 12.8 Å². The first kappa shape index (κ1) is 14.1. The molecule has 110 valence electrons. The molecule has 1 aliphatic rings. The highest BCUT2D eigenvalue weighted by molar-refractivity contribution is 7.99. The largest absolute Gasteiger partial charge is 0.476 e. The number of nitrogen functional groups attached to an aromatic ring is 1. The van der Waals surface area contributed by atoms with Gasteiger partial charge in [-0.3, -0.25) is 0 Å². The number of anilines is 1. The minimum Gasteiger partial charge on any atom is -0.476 e. The average Bonchev–Trinajstić information content (AvgIpc) is 3.28. The third-order valence-corrected chi connectivity index (χ3v) is 4.06. The van der Waals surface area contributed by atoms with Crippen molar-refractivity contribution in [2.75, 3.05) is 12.3 Å². The van der Waals surface area contributed by atoms with E-state index in [9.17, 15) is 8.78 Å². The minimum atomic E-state index is -0.874. The van der Waals surface area contributed by atoms with Crippen LogP contribution in [0.3, 0.4) is 0 Å². The first-order valence-electron chi connectivity index (χ1n) is 6.64. The molecule has 2 N–H and O–H groups in total. The lowest BCUT2D eigenvalue weighted by molar-refractivity contribution is 0.288. The van der Waals surface area contributed by atoms with Gasteiger partial charge in [-0.25, -0.2) is 13.8 Å². The van der Waals surface area contributed by atoms with Crippen LogP contribution in [-0.2, 0) is 0 Å². The number of aromatic nitrogens is 1. The standard InChI is InChI=1S/C15H14F2N2OS/c16-11-4-3-10(7-12(11)17)21-14-6-5-13(18)15(19-14)20-8-9-1-2-9/h3-7,9H,1-2,8,18H2. The molecule has 3 nitrogen and oxygen atoms in total. The third-order valence-electron chi connectivity index (χ3n) is 3.13. The van der Waals surface area contributed by atoms with Crippen molar-refractivity contribution >= 4 is 17.4 Å². The molecule has 1 aromatic carbocycles. The summed E-state index contributed by atoms with van der Waals surface area (Å²) in [6.45, 7) is 0.622. The van der Waals surface area contributed by atoms with Crippen LogP contribution >= 0.6 is 11.8 Å². The molecular formula is C15H14F2N2OS. The summed E-state index contributed by atoms with van der Waals surface area (Å²) in [5.74, 6) is -0.734. The quantitative estimate of drug-likeness (QED) is 0.910. The van der Waals surface area contributed by atoms with E-state index in [2.05, 4.69) is 4.98 Å². The number of nitrogens with zero attached hydrogens (tertiary/aromatic N) is 1. The molecule has 0 radical (unpaired) electrons. The number of hydrogen-bond acceptors (Lipinski definition) is 4. The number of hydrogen-bond donors (Lipinski definition) is 1. The SMILES string of the molecule is Nc1ccc(Sc2ccc(F)c(F)c2)nc1OCC1CC1. The lowest BCUT2D eigenvalue weighted by Gasteiger charge is -2.09. The zero-order valence-electron chi connectivity index (χ0n) is 11.2. The van der Waals surface area contributed by atoms with Gasteiger partial charge >= 0.3 is 0 Å². The van der Waals surface area contributed by atoms with E-state index < -0.39 is 11.6 Å². The molecule has 6 heteroatoms. The smallest absolute Gasteiger partial charge is 0.238 e. The van der Waals surface area contributed by atoms with Gasteiger partial charge in [0.25, 0.3) is 0 Å². The molecule has 0 amide bonds. The Kier molecular flexibility index (Phi) is 3.96. The van der Waals surface area contributed by atoms with E-state index in [0.29, 0.717) is 34.0 Å². The van der Waals surface area contributed by atoms with Crippen LogP contribution < -0.4 is 10.5 Å². The summed E-state index contributed by atoms with van der Waals surface area (Å²) in [4.78, 5) is 4.89. The molecule has 0 spiro atoms. The lowest BCUT2D eigenvalue weighted by atomic mass is 10.3. The number of benzene rings is 1. The molecule has 1 saturated carbocycles. The zero-order chi connectivity index (χ0) is 14.8. The Balaban J connectivity index is 1.74. The van der Waals surface area contributed by atoms with Gasteiger partial charge in [0, 0.05) is 4.90 Å². The highest BCUT2D eigenvalue weighted by Crippen LogP contribution is 2.33. The van der Waals surface area contributed by atoms with Crippen LogP contribution in [0.5, 0.6) is 5.88 Å². The van der Waals surface area contributed by atoms with E-state index in [1.807, 2.05) is 0 Å².